The molecule has 1 heterocycles. The number of anilines is 1. The first-order valence-corrected chi connectivity index (χ1v) is 8.51. The van der Waals surface area contributed by atoms with Crippen LogP contribution < -0.4 is 5.32 Å². The molecule has 0 radical (unpaired) electrons. The van der Waals surface area contributed by atoms with Crippen molar-refractivity contribution < 1.29 is 14.3 Å². The lowest BCUT2D eigenvalue weighted by Crippen LogP contribution is -2.20. The number of hydrogen-bond acceptors (Lipinski definition) is 4. The quantitative estimate of drug-likeness (QED) is 0.648. The fourth-order valence-electron chi connectivity index (χ4n) is 2.06. The van der Waals surface area contributed by atoms with Gasteiger partial charge in [0.15, 0.2) is 6.61 Å². The third kappa shape index (κ3) is 3.87. The molecule has 7 heteroatoms. The van der Waals surface area contributed by atoms with E-state index in [1.54, 1.807) is 18.2 Å². The summed E-state index contributed by atoms with van der Waals surface area (Å²) in [6, 6.07) is 14.1. The van der Waals surface area contributed by atoms with Gasteiger partial charge >= 0.3 is 5.97 Å². The van der Waals surface area contributed by atoms with E-state index < -0.39 is 18.5 Å². The van der Waals surface area contributed by atoms with Crippen LogP contribution in [-0.4, -0.2) is 18.5 Å². The van der Waals surface area contributed by atoms with Crippen molar-refractivity contribution in [2.45, 2.75) is 0 Å². The summed E-state index contributed by atoms with van der Waals surface area (Å²) in [4.78, 5) is 24.4. The number of esters is 1. The average molecular weight is 380 g/mol. The molecule has 24 heavy (non-hydrogen) atoms. The second-order valence-electron chi connectivity index (χ2n) is 4.90. The van der Waals surface area contributed by atoms with Crippen molar-refractivity contribution >= 4 is 62.2 Å². The topological polar surface area (TPSA) is 55.4 Å². The molecule has 1 N–H and O–H groups in total. The molecule has 4 nitrogen and oxygen atoms in total. The molecule has 0 fully saturated rings. The summed E-state index contributed by atoms with van der Waals surface area (Å²) in [5.41, 5.74) is 0.368. The van der Waals surface area contributed by atoms with Crippen LogP contribution >= 0.6 is 34.5 Å². The van der Waals surface area contributed by atoms with Gasteiger partial charge in [-0.3, -0.25) is 4.79 Å². The van der Waals surface area contributed by atoms with Crippen LogP contribution in [0.4, 0.5) is 5.69 Å². The number of fused-ring (bicyclic) bond motifs is 1. The monoisotopic (exact) mass is 379 g/mol. The second-order valence-corrected chi connectivity index (χ2v) is 6.82. The Hall–Kier alpha value is -2.08. The van der Waals surface area contributed by atoms with E-state index in [4.69, 9.17) is 27.9 Å². The largest absolute Gasteiger partial charge is 0.451 e. The number of nitrogens with one attached hydrogen (secondary N) is 1. The van der Waals surface area contributed by atoms with Gasteiger partial charge in [0.2, 0.25) is 0 Å². The Morgan fingerprint density at radius 3 is 2.67 bits per heavy atom. The van der Waals surface area contributed by atoms with Gasteiger partial charge in [0.05, 0.1) is 10.7 Å². The highest BCUT2D eigenvalue weighted by molar-refractivity contribution is 7.20. The van der Waals surface area contributed by atoms with E-state index in [0.29, 0.717) is 20.6 Å². The molecular weight excluding hydrogens is 369 g/mol. The van der Waals surface area contributed by atoms with Crippen molar-refractivity contribution in [3.63, 3.8) is 0 Å². The number of carbonyl (C=O) groups is 2. The lowest BCUT2D eigenvalue weighted by atomic mass is 10.2. The molecule has 2 aromatic carbocycles. The summed E-state index contributed by atoms with van der Waals surface area (Å²) in [5.74, 6) is -1.03. The molecule has 0 aliphatic rings. The van der Waals surface area contributed by atoms with Gasteiger partial charge < -0.3 is 10.1 Å². The van der Waals surface area contributed by atoms with Gasteiger partial charge in [0.1, 0.15) is 4.88 Å². The van der Waals surface area contributed by atoms with Crippen LogP contribution in [0.2, 0.25) is 10.0 Å². The molecule has 0 saturated heterocycles. The summed E-state index contributed by atoms with van der Waals surface area (Å²) in [6.07, 6.45) is 0. The van der Waals surface area contributed by atoms with E-state index >= 15 is 0 Å². The van der Waals surface area contributed by atoms with Crippen LogP contribution in [0.1, 0.15) is 9.67 Å². The van der Waals surface area contributed by atoms with Crippen LogP contribution in [0.3, 0.4) is 0 Å². The molecule has 0 aliphatic heterocycles. The average Bonchev–Trinajstić information content (AvgIpc) is 3.00. The zero-order valence-corrected chi connectivity index (χ0v) is 14.5. The van der Waals surface area contributed by atoms with E-state index in [0.717, 1.165) is 10.1 Å². The number of thiophene rings is 1. The molecular formula is C17H11Cl2NO3S. The lowest BCUT2D eigenvalue weighted by molar-refractivity contribution is -0.119. The van der Waals surface area contributed by atoms with Crippen LogP contribution in [0, 0.1) is 0 Å². The smallest absolute Gasteiger partial charge is 0.348 e. The molecule has 3 rings (SSSR count). The minimum absolute atomic E-state index is 0.351. The van der Waals surface area contributed by atoms with Gasteiger partial charge in [0, 0.05) is 9.72 Å². The first kappa shape index (κ1) is 16.8. The highest BCUT2D eigenvalue weighted by atomic mass is 35.5. The van der Waals surface area contributed by atoms with Crippen LogP contribution in [0.15, 0.2) is 48.5 Å². The van der Waals surface area contributed by atoms with E-state index in [2.05, 4.69) is 5.32 Å². The fraction of sp³-hybridized carbons (Fsp3) is 0.0588. The maximum absolute atomic E-state index is 12.1. The standard InChI is InChI=1S/C17H11Cl2NO3S/c18-11-5-6-12(19)13(8-11)20-16(21)9-23-17(22)15-7-10-3-1-2-4-14(10)24-15/h1-8H,9H2,(H,20,21). The van der Waals surface area contributed by atoms with E-state index in [9.17, 15) is 9.59 Å². The predicted molar refractivity (Wildman–Crippen MR) is 97.2 cm³/mol. The first-order valence-electron chi connectivity index (χ1n) is 6.93. The first-order chi connectivity index (χ1) is 11.5. The summed E-state index contributed by atoms with van der Waals surface area (Å²) >= 11 is 13.1. The zero-order valence-electron chi connectivity index (χ0n) is 12.2. The number of benzene rings is 2. The van der Waals surface area contributed by atoms with Crippen LogP contribution in [0.25, 0.3) is 10.1 Å². The van der Waals surface area contributed by atoms with Crippen molar-refractivity contribution in [3.05, 3.63) is 63.5 Å². The fourth-order valence-corrected chi connectivity index (χ4v) is 3.36. The summed E-state index contributed by atoms with van der Waals surface area (Å²) in [7, 11) is 0. The van der Waals surface area contributed by atoms with Gasteiger partial charge in [-0.05, 0) is 35.7 Å². The molecule has 0 bridgehead atoms. The number of ether oxygens (including phenoxy) is 1. The third-order valence-corrected chi connectivity index (χ3v) is 4.82. The Labute approximate surface area is 151 Å². The molecule has 1 amide bonds. The molecule has 0 unspecified atom stereocenters. The molecule has 3 aromatic rings. The van der Waals surface area contributed by atoms with Crippen molar-refractivity contribution in [1.82, 2.24) is 0 Å². The molecule has 0 aliphatic carbocycles. The number of hydrogen-bond donors (Lipinski definition) is 1. The van der Waals surface area contributed by atoms with Gasteiger partial charge in [-0.15, -0.1) is 11.3 Å². The lowest BCUT2D eigenvalue weighted by Gasteiger charge is -2.08. The molecule has 1 aromatic heterocycles. The number of amides is 1. The summed E-state index contributed by atoms with van der Waals surface area (Å²) < 4.78 is 6.03. The Balaban J connectivity index is 1.61. The van der Waals surface area contributed by atoms with Crippen molar-refractivity contribution in [3.8, 4) is 0 Å². The van der Waals surface area contributed by atoms with Gasteiger partial charge in [-0.25, -0.2) is 4.79 Å². The van der Waals surface area contributed by atoms with Crippen LogP contribution in [-0.2, 0) is 9.53 Å². The highest BCUT2D eigenvalue weighted by Crippen LogP contribution is 2.26. The number of halogens is 2. The Morgan fingerprint density at radius 1 is 1.08 bits per heavy atom. The van der Waals surface area contributed by atoms with Crippen molar-refractivity contribution in [1.29, 1.82) is 0 Å². The van der Waals surface area contributed by atoms with E-state index in [1.807, 2.05) is 24.3 Å². The second kappa shape index (κ2) is 7.21. The predicted octanol–water partition coefficient (Wildman–Crippen LogP) is 5.00. The molecule has 0 atom stereocenters. The van der Waals surface area contributed by atoms with E-state index in [-0.39, 0.29) is 0 Å². The van der Waals surface area contributed by atoms with Crippen LogP contribution in [0.5, 0.6) is 0 Å². The molecule has 0 spiro atoms. The third-order valence-electron chi connectivity index (χ3n) is 3.16. The van der Waals surface area contributed by atoms with Gasteiger partial charge in [0.25, 0.3) is 5.91 Å². The molecule has 0 saturated carbocycles. The molecule has 122 valence electrons. The minimum Gasteiger partial charge on any atom is -0.451 e. The SMILES string of the molecule is O=C(COC(=O)c1cc2ccccc2s1)Nc1cc(Cl)ccc1Cl. The maximum Gasteiger partial charge on any atom is 0.348 e. The van der Waals surface area contributed by atoms with Gasteiger partial charge in [-0.2, -0.15) is 0 Å². The summed E-state index contributed by atoms with van der Waals surface area (Å²) in [5, 5.41) is 4.31. The van der Waals surface area contributed by atoms with Gasteiger partial charge in [-0.1, -0.05) is 41.4 Å². The summed E-state index contributed by atoms with van der Waals surface area (Å²) in [6.45, 7) is -0.407. The Kier molecular flexibility index (Phi) is 5.04. The Morgan fingerprint density at radius 2 is 1.88 bits per heavy atom. The van der Waals surface area contributed by atoms with E-state index in [1.165, 1.54) is 17.4 Å². The Bertz CT molecular complexity index is 890. The zero-order chi connectivity index (χ0) is 17.1. The number of carbonyl (C=O) groups excluding carboxylic acids is 2. The minimum atomic E-state index is -0.538. The van der Waals surface area contributed by atoms with Crippen molar-refractivity contribution in [2.24, 2.45) is 0 Å². The van der Waals surface area contributed by atoms with Crippen molar-refractivity contribution in [2.75, 3.05) is 11.9 Å². The maximum atomic E-state index is 12.1. The number of rotatable bonds is 4. The highest BCUT2D eigenvalue weighted by Gasteiger charge is 2.14. The normalized spacial score (nSPS) is 10.6.